The number of nitrogens with zero attached hydrogens (tertiary/aromatic N) is 2. The molecule has 1 aliphatic heterocycles. The molecular weight excluding hydrogens is 329 g/mol. The molecule has 0 spiro atoms. The normalized spacial score (nSPS) is 13.2. The Balaban J connectivity index is 1.57. The number of fused-ring (bicyclic) bond motifs is 1. The maximum Gasteiger partial charge on any atom is 0.272 e. The third-order valence-electron chi connectivity index (χ3n) is 3.85. The van der Waals surface area contributed by atoms with Crippen molar-refractivity contribution in [1.29, 1.82) is 0 Å². The minimum atomic E-state index is -0.679. The van der Waals surface area contributed by atoms with E-state index in [0.717, 1.165) is 11.8 Å². The number of nitro benzene ring substituents is 1. The summed E-state index contributed by atoms with van der Waals surface area (Å²) in [7, 11) is 0. The van der Waals surface area contributed by atoms with Crippen LogP contribution in [0.5, 0.6) is 5.75 Å². The van der Waals surface area contributed by atoms with Gasteiger partial charge >= 0.3 is 0 Å². The average Bonchev–Trinajstić information content (AvgIpc) is 2.61. The SMILES string of the molecule is O=C1COc2ccccc2N1CCCNc1ccc([N+](=O)[O-])cc1F. The van der Waals surface area contributed by atoms with E-state index < -0.39 is 10.7 Å². The summed E-state index contributed by atoms with van der Waals surface area (Å²) < 4.78 is 19.2. The van der Waals surface area contributed by atoms with E-state index in [9.17, 15) is 19.3 Å². The lowest BCUT2D eigenvalue weighted by molar-refractivity contribution is -0.385. The molecule has 8 heteroatoms. The van der Waals surface area contributed by atoms with Gasteiger partial charge in [0.25, 0.3) is 11.6 Å². The topological polar surface area (TPSA) is 84.7 Å². The highest BCUT2D eigenvalue weighted by molar-refractivity contribution is 5.97. The second-order valence-electron chi connectivity index (χ2n) is 5.50. The molecule has 7 nitrogen and oxygen atoms in total. The number of benzene rings is 2. The third-order valence-corrected chi connectivity index (χ3v) is 3.85. The molecule has 2 aromatic rings. The van der Waals surface area contributed by atoms with Crippen molar-refractivity contribution in [2.75, 3.05) is 29.9 Å². The molecule has 0 saturated heterocycles. The van der Waals surface area contributed by atoms with E-state index in [1.54, 1.807) is 11.0 Å². The van der Waals surface area contributed by atoms with Gasteiger partial charge in [0.05, 0.1) is 22.4 Å². The number of amides is 1. The van der Waals surface area contributed by atoms with Gasteiger partial charge in [-0.15, -0.1) is 0 Å². The van der Waals surface area contributed by atoms with Crippen molar-refractivity contribution in [3.63, 3.8) is 0 Å². The van der Waals surface area contributed by atoms with E-state index in [2.05, 4.69) is 5.32 Å². The molecule has 3 rings (SSSR count). The summed E-state index contributed by atoms with van der Waals surface area (Å²) in [5, 5.41) is 13.5. The van der Waals surface area contributed by atoms with Crippen molar-refractivity contribution in [2.45, 2.75) is 6.42 Å². The maximum absolute atomic E-state index is 13.8. The molecule has 0 aliphatic carbocycles. The lowest BCUT2D eigenvalue weighted by atomic mass is 10.2. The molecular formula is C17H16FN3O4. The molecule has 1 heterocycles. The van der Waals surface area contributed by atoms with Crippen LogP contribution in [0.2, 0.25) is 0 Å². The standard InChI is InChI=1S/C17H16FN3O4/c18-13-10-12(21(23)24)6-7-14(13)19-8-3-9-20-15-4-1-2-5-16(15)25-11-17(20)22/h1-2,4-7,10,19H,3,8-9,11H2. The van der Waals surface area contributed by atoms with Gasteiger partial charge in [-0.25, -0.2) is 4.39 Å². The van der Waals surface area contributed by atoms with E-state index in [0.29, 0.717) is 25.3 Å². The first-order chi connectivity index (χ1) is 12.1. The number of nitrogens with one attached hydrogen (secondary N) is 1. The first-order valence-electron chi connectivity index (χ1n) is 7.76. The predicted octanol–water partition coefficient (Wildman–Crippen LogP) is 2.96. The van der Waals surface area contributed by atoms with Crippen molar-refractivity contribution in [1.82, 2.24) is 0 Å². The Morgan fingerprint density at radius 2 is 2.08 bits per heavy atom. The van der Waals surface area contributed by atoms with Crippen molar-refractivity contribution in [2.24, 2.45) is 0 Å². The van der Waals surface area contributed by atoms with E-state index >= 15 is 0 Å². The number of nitro groups is 1. The summed E-state index contributed by atoms with van der Waals surface area (Å²) in [6, 6.07) is 10.7. The van der Waals surface area contributed by atoms with Crippen LogP contribution in [-0.4, -0.2) is 30.5 Å². The summed E-state index contributed by atoms with van der Waals surface area (Å²) in [5.41, 5.74) is 0.623. The molecule has 1 N–H and O–H groups in total. The predicted molar refractivity (Wildman–Crippen MR) is 90.5 cm³/mol. The van der Waals surface area contributed by atoms with Crippen molar-refractivity contribution in [3.8, 4) is 5.75 Å². The Labute approximate surface area is 143 Å². The van der Waals surface area contributed by atoms with Crippen LogP contribution in [0, 0.1) is 15.9 Å². The molecule has 0 unspecified atom stereocenters. The molecule has 0 radical (unpaired) electrons. The first kappa shape index (κ1) is 16.7. The Morgan fingerprint density at radius 3 is 2.84 bits per heavy atom. The summed E-state index contributed by atoms with van der Waals surface area (Å²) in [6.07, 6.45) is 0.580. The molecule has 130 valence electrons. The largest absolute Gasteiger partial charge is 0.482 e. The number of non-ortho nitro benzene ring substituents is 1. The Hall–Kier alpha value is -3.16. The Morgan fingerprint density at radius 1 is 1.28 bits per heavy atom. The minimum absolute atomic E-state index is 0.00141. The monoisotopic (exact) mass is 345 g/mol. The number of ether oxygens (including phenoxy) is 1. The van der Waals surface area contributed by atoms with Crippen molar-refractivity contribution >= 4 is 23.0 Å². The van der Waals surface area contributed by atoms with Gasteiger partial charge in [-0.05, 0) is 24.6 Å². The van der Waals surface area contributed by atoms with Crippen LogP contribution in [0.15, 0.2) is 42.5 Å². The highest BCUT2D eigenvalue weighted by Gasteiger charge is 2.24. The quantitative estimate of drug-likeness (QED) is 0.494. The Kier molecular flexibility index (Phi) is 4.78. The molecule has 0 saturated carbocycles. The number of carbonyl (C=O) groups excluding carboxylic acids is 1. The van der Waals surface area contributed by atoms with Crippen molar-refractivity contribution < 1.29 is 18.8 Å². The highest BCUT2D eigenvalue weighted by atomic mass is 19.1. The number of rotatable bonds is 6. The summed E-state index contributed by atoms with van der Waals surface area (Å²) in [5.74, 6) is -0.140. The fourth-order valence-electron chi connectivity index (χ4n) is 2.62. The smallest absolute Gasteiger partial charge is 0.272 e. The van der Waals surface area contributed by atoms with Crippen molar-refractivity contribution in [3.05, 3.63) is 58.4 Å². The number of para-hydroxylation sites is 2. The van der Waals surface area contributed by atoms with Gasteiger partial charge < -0.3 is 15.0 Å². The van der Waals surface area contributed by atoms with E-state index in [-0.39, 0.29) is 23.9 Å². The van der Waals surface area contributed by atoms with Crippen LogP contribution in [0.4, 0.5) is 21.5 Å². The Bertz CT molecular complexity index is 812. The number of carbonyl (C=O) groups is 1. The van der Waals surface area contributed by atoms with Gasteiger partial charge in [0.15, 0.2) is 12.4 Å². The summed E-state index contributed by atoms with van der Waals surface area (Å²) in [4.78, 5) is 23.6. The highest BCUT2D eigenvalue weighted by Crippen LogP contribution is 2.31. The van der Waals surface area contributed by atoms with Gasteiger partial charge in [-0.2, -0.15) is 0 Å². The number of anilines is 2. The fourth-order valence-corrected chi connectivity index (χ4v) is 2.62. The first-order valence-corrected chi connectivity index (χ1v) is 7.76. The molecule has 0 bridgehead atoms. The third kappa shape index (κ3) is 3.68. The van der Waals surface area contributed by atoms with Crippen LogP contribution in [0.3, 0.4) is 0 Å². The number of hydrogen-bond donors (Lipinski definition) is 1. The maximum atomic E-state index is 13.8. The number of hydrogen-bond acceptors (Lipinski definition) is 5. The number of halogens is 1. The van der Waals surface area contributed by atoms with Crippen LogP contribution in [0.1, 0.15) is 6.42 Å². The molecule has 1 aliphatic rings. The van der Waals surface area contributed by atoms with Gasteiger partial charge in [0.2, 0.25) is 0 Å². The van der Waals surface area contributed by atoms with Crippen LogP contribution < -0.4 is 15.0 Å². The minimum Gasteiger partial charge on any atom is -0.482 e. The second-order valence-corrected chi connectivity index (χ2v) is 5.50. The summed E-state index contributed by atoms with van der Waals surface area (Å²) >= 11 is 0. The molecule has 2 aromatic carbocycles. The zero-order valence-electron chi connectivity index (χ0n) is 13.3. The lowest BCUT2D eigenvalue weighted by Crippen LogP contribution is -2.39. The van der Waals surface area contributed by atoms with Gasteiger partial charge in [-0.3, -0.25) is 14.9 Å². The van der Waals surface area contributed by atoms with Gasteiger partial charge in [-0.1, -0.05) is 12.1 Å². The van der Waals surface area contributed by atoms with Crippen LogP contribution >= 0.6 is 0 Å². The van der Waals surface area contributed by atoms with E-state index in [4.69, 9.17) is 4.74 Å². The molecule has 0 aromatic heterocycles. The molecule has 1 amide bonds. The van der Waals surface area contributed by atoms with Crippen LogP contribution in [0.25, 0.3) is 0 Å². The fraction of sp³-hybridized carbons (Fsp3) is 0.235. The molecule has 0 fully saturated rings. The van der Waals surface area contributed by atoms with Crippen LogP contribution in [-0.2, 0) is 4.79 Å². The molecule has 25 heavy (non-hydrogen) atoms. The van der Waals surface area contributed by atoms with E-state index in [1.807, 2.05) is 18.2 Å². The molecule has 0 atom stereocenters. The lowest BCUT2D eigenvalue weighted by Gasteiger charge is -2.29. The van der Waals surface area contributed by atoms with Gasteiger partial charge in [0.1, 0.15) is 5.75 Å². The second kappa shape index (κ2) is 7.16. The zero-order valence-corrected chi connectivity index (χ0v) is 13.3. The average molecular weight is 345 g/mol. The van der Waals surface area contributed by atoms with E-state index in [1.165, 1.54) is 12.1 Å². The summed E-state index contributed by atoms with van der Waals surface area (Å²) in [6.45, 7) is 0.879. The zero-order chi connectivity index (χ0) is 17.8. The van der Waals surface area contributed by atoms with Gasteiger partial charge in [0, 0.05) is 19.2 Å².